The summed E-state index contributed by atoms with van der Waals surface area (Å²) in [7, 11) is 1.69. The van der Waals surface area contributed by atoms with Crippen LogP contribution in [0.1, 0.15) is 43.0 Å². The Labute approximate surface area is 147 Å². The molecule has 1 aliphatic carbocycles. The summed E-state index contributed by atoms with van der Waals surface area (Å²) in [5, 5.41) is 7.90. The topological polar surface area (TPSA) is 96.5 Å². The minimum Gasteiger partial charge on any atom is -0.452 e. The van der Waals surface area contributed by atoms with E-state index in [0.29, 0.717) is 17.2 Å². The van der Waals surface area contributed by atoms with Crippen molar-refractivity contribution in [2.75, 3.05) is 19.0 Å². The maximum atomic E-state index is 12.0. The average molecular weight is 347 g/mol. The van der Waals surface area contributed by atoms with E-state index in [4.69, 9.17) is 4.74 Å². The molecule has 1 aromatic carbocycles. The average Bonchev–Trinajstić information content (AvgIpc) is 2.61. The SMILES string of the molecule is CNc1ccccc1C(=O)OCC(=O)NC(=O)N[C@H]1CCCC[C@H]1C. The number of anilines is 1. The molecule has 0 heterocycles. The molecule has 2 atom stereocenters. The molecule has 0 bridgehead atoms. The highest BCUT2D eigenvalue weighted by molar-refractivity contribution is 5.99. The number of esters is 1. The van der Waals surface area contributed by atoms with Gasteiger partial charge < -0.3 is 15.4 Å². The lowest BCUT2D eigenvalue weighted by Gasteiger charge is -2.29. The van der Waals surface area contributed by atoms with Gasteiger partial charge in [-0.05, 0) is 30.9 Å². The Morgan fingerprint density at radius 1 is 1.16 bits per heavy atom. The van der Waals surface area contributed by atoms with Gasteiger partial charge in [-0.15, -0.1) is 0 Å². The maximum Gasteiger partial charge on any atom is 0.340 e. The number of carbonyl (C=O) groups excluding carboxylic acids is 3. The molecule has 2 rings (SSSR count). The third-order valence-electron chi connectivity index (χ3n) is 4.43. The van der Waals surface area contributed by atoms with E-state index in [0.717, 1.165) is 19.3 Å². The first-order valence-electron chi connectivity index (χ1n) is 8.55. The van der Waals surface area contributed by atoms with Gasteiger partial charge in [-0.25, -0.2) is 9.59 Å². The molecule has 1 aromatic rings. The predicted octanol–water partition coefficient (Wildman–Crippen LogP) is 2.29. The largest absolute Gasteiger partial charge is 0.452 e. The van der Waals surface area contributed by atoms with Gasteiger partial charge in [0.1, 0.15) is 0 Å². The smallest absolute Gasteiger partial charge is 0.340 e. The van der Waals surface area contributed by atoms with Crippen molar-refractivity contribution >= 4 is 23.6 Å². The number of ether oxygens (including phenoxy) is 1. The quantitative estimate of drug-likeness (QED) is 0.710. The van der Waals surface area contributed by atoms with Crippen LogP contribution in [0, 0.1) is 5.92 Å². The third-order valence-corrected chi connectivity index (χ3v) is 4.43. The zero-order valence-corrected chi connectivity index (χ0v) is 14.6. The Morgan fingerprint density at radius 3 is 2.60 bits per heavy atom. The van der Waals surface area contributed by atoms with Crippen LogP contribution >= 0.6 is 0 Å². The van der Waals surface area contributed by atoms with Gasteiger partial charge in [0, 0.05) is 18.8 Å². The summed E-state index contributed by atoms with van der Waals surface area (Å²) in [6.45, 7) is 1.58. The van der Waals surface area contributed by atoms with Crippen LogP contribution in [0.25, 0.3) is 0 Å². The number of nitrogens with one attached hydrogen (secondary N) is 3. The van der Waals surface area contributed by atoms with Crippen LogP contribution in [0.5, 0.6) is 0 Å². The van der Waals surface area contributed by atoms with Crippen molar-refractivity contribution in [3.8, 4) is 0 Å². The molecule has 25 heavy (non-hydrogen) atoms. The molecule has 1 fully saturated rings. The molecule has 1 aliphatic rings. The predicted molar refractivity (Wildman–Crippen MR) is 94.4 cm³/mol. The van der Waals surface area contributed by atoms with Crippen molar-refractivity contribution in [2.24, 2.45) is 5.92 Å². The van der Waals surface area contributed by atoms with Gasteiger partial charge in [0.05, 0.1) is 5.56 Å². The molecule has 7 nitrogen and oxygen atoms in total. The van der Waals surface area contributed by atoms with Gasteiger partial charge in [0.15, 0.2) is 6.61 Å². The van der Waals surface area contributed by atoms with E-state index in [-0.39, 0.29) is 6.04 Å². The lowest BCUT2D eigenvalue weighted by molar-refractivity contribution is -0.123. The van der Waals surface area contributed by atoms with Gasteiger partial charge in [-0.2, -0.15) is 0 Å². The van der Waals surface area contributed by atoms with Gasteiger partial charge in [-0.1, -0.05) is 31.9 Å². The lowest BCUT2D eigenvalue weighted by atomic mass is 9.86. The molecule has 0 unspecified atom stereocenters. The van der Waals surface area contributed by atoms with E-state index in [1.807, 2.05) is 0 Å². The van der Waals surface area contributed by atoms with Crippen molar-refractivity contribution in [3.05, 3.63) is 29.8 Å². The van der Waals surface area contributed by atoms with Gasteiger partial charge in [0.2, 0.25) is 0 Å². The Hall–Kier alpha value is -2.57. The summed E-state index contributed by atoms with van der Waals surface area (Å²) in [6.07, 6.45) is 4.23. The number of para-hydroxylation sites is 1. The number of carbonyl (C=O) groups is 3. The van der Waals surface area contributed by atoms with E-state index in [9.17, 15) is 14.4 Å². The number of amides is 3. The number of hydrogen-bond donors (Lipinski definition) is 3. The van der Waals surface area contributed by atoms with Crippen molar-refractivity contribution < 1.29 is 19.1 Å². The molecule has 0 spiro atoms. The second kappa shape index (κ2) is 9.05. The fourth-order valence-electron chi connectivity index (χ4n) is 2.99. The number of rotatable bonds is 5. The Balaban J connectivity index is 1.78. The Morgan fingerprint density at radius 2 is 1.88 bits per heavy atom. The van der Waals surface area contributed by atoms with E-state index < -0.39 is 24.5 Å². The minimum absolute atomic E-state index is 0.0756. The van der Waals surface area contributed by atoms with Gasteiger partial charge >= 0.3 is 12.0 Å². The zero-order chi connectivity index (χ0) is 18.2. The molecule has 1 saturated carbocycles. The van der Waals surface area contributed by atoms with Crippen molar-refractivity contribution in [1.29, 1.82) is 0 Å². The van der Waals surface area contributed by atoms with Crippen molar-refractivity contribution in [3.63, 3.8) is 0 Å². The second-order valence-corrected chi connectivity index (χ2v) is 6.26. The molecular weight excluding hydrogens is 322 g/mol. The zero-order valence-electron chi connectivity index (χ0n) is 14.6. The summed E-state index contributed by atoms with van der Waals surface area (Å²) in [5.74, 6) is -0.886. The standard InChI is InChI=1S/C18H25N3O4/c1-12-7-3-5-9-14(12)20-18(24)21-16(22)11-25-17(23)13-8-4-6-10-15(13)19-2/h4,6,8,10,12,14,19H,3,5,7,9,11H2,1-2H3,(H2,20,21,22,24)/t12-,14+/m1/s1. The van der Waals surface area contributed by atoms with Crippen LogP contribution in [0.15, 0.2) is 24.3 Å². The molecule has 3 N–H and O–H groups in total. The number of benzene rings is 1. The van der Waals surface area contributed by atoms with E-state index in [2.05, 4.69) is 22.9 Å². The lowest BCUT2D eigenvalue weighted by Crippen LogP contribution is -2.48. The van der Waals surface area contributed by atoms with Crippen LogP contribution in [0.4, 0.5) is 10.5 Å². The normalized spacial score (nSPS) is 19.6. The van der Waals surface area contributed by atoms with Gasteiger partial charge in [0.25, 0.3) is 5.91 Å². The molecule has 3 amide bonds. The van der Waals surface area contributed by atoms with E-state index in [1.165, 1.54) is 6.42 Å². The molecule has 0 saturated heterocycles. The summed E-state index contributed by atoms with van der Waals surface area (Å²) >= 11 is 0. The summed E-state index contributed by atoms with van der Waals surface area (Å²) < 4.78 is 4.97. The van der Waals surface area contributed by atoms with Crippen molar-refractivity contribution in [2.45, 2.75) is 38.6 Å². The first kappa shape index (κ1) is 18.8. The molecule has 0 radical (unpaired) electrons. The number of imide groups is 1. The first-order valence-corrected chi connectivity index (χ1v) is 8.55. The highest BCUT2D eigenvalue weighted by atomic mass is 16.5. The van der Waals surface area contributed by atoms with E-state index >= 15 is 0 Å². The number of urea groups is 1. The second-order valence-electron chi connectivity index (χ2n) is 6.26. The Kier molecular flexibility index (Phi) is 6.80. The first-order chi connectivity index (χ1) is 12.0. The van der Waals surface area contributed by atoms with Crippen LogP contribution in [-0.4, -0.2) is 37.6 Å². The summed E-state index contributed by atoms with van der Waals surface area (Å²) in [5.41, 5.74) is 0.940. The highest BCUT2D eigenvalue weighted by Crippen LogP contribution is 2.23. The Bertz CT molecular complexity index is 633. The third kappa shape index (κ3) is 5.48. The molecule has 136 valence electrons. The van der Waals surface area contributed by atoms with Crippen LogP contribution in [0.3, 0.4) is 0 Å². The molecular formula is C18H25N3O4. The highest BCUT2D eigenvalue weighted by Gasteiger charge is 2.23. The fourth-order valence-corrected chi connectivity index (χ4v) is 2.99. The van der Waals surface area contributed by atoms with E-state index in [1.54, 1.807) is 31.3 Å². The summed E-state index contributed by atoms with van der Waals surface area (Å²) in [6, 6.07) is 6.35. The van der Waals surface area contributed by atoms with Crippen molar-refractivity contribution in [1.82, 2.24) is 10.6 Å². The van der Waals surface area contributed by atoms with Gasteiger partial charge in [-0.3, -0.25) is 10.1 Å². The molecule has 7 heteroatoms. The monoisotopic (exact) mass is 347 g/mol. The minimum atomic E-state index is -0.656. The number of hydrogen-bond acceptors (Lipinski definition) is 5. The van der Waals surface area contributed by atoms with Crippen LogP contribution < -0.4 is 16.0 Å². The molecule has 0 aromatic heterocycles. The maximum absolute atomic E-state index is 12.0. The fraction of sp³-hybridized carbons (Fsp3) is 0.500. The van der Waals surface area contributed by atoms with Crippen LogP contribution in [0.2, 0.25) is 0 Å². The summed E-state index contributed by atoms with van der Waals surface area (Å²) in [4.78, 5) is 35.7. The molecule has 0 aliphatic heterocycles. The van der Waals surface area contributed by atoms with Crippen LogP contribution in [-0.2, 0) is 9.53 Å².